The summed E-state index contributed by atoms with van der Waals surface area (Å²) in [4.78, 5) is 25.6. The quantitative estimate of drug-likeness (QED) is 0.675. The molecule has 1 N–H and O–H groups in total. The Morgan fingerprint density at radius 1 is 1.25 bits per heavy atom. The van der Waals surface area contributed by atoms with Crippen LogP contribution in [0.3, 0.4) is 0 Å². The molecule has 0 aliphatic carbocycles. The van der Waals surface area contributed by atoms with Crippen molar-refractivity contribution in [3.05, 3.63) is 64.7 Å². The molecule has 1 aliphatic heterocycles. The van der Waals surface area contributed by atoms with E-state index < -0.39 is 18.4 Å². The molecule has 2 atom stereocenters. The number of carbonyl (C=O) groups is 2. The van der Waals surface area contributed by atoms with Crippen LogP contribution in [-0.2, 0) is 11.2 Å². The lowest BCUT2D eigenvalue weighted by atomic mass is 9.90. The number of rotatable bonds is 5. The molecule has 1 heterocycles. The molecule has 5 heteroatoms. The number of hydrogen-bond acceptors (Lipinski definition) is 5. The largest absolute Gasteiger partial charge is 0.456 e. The fraction of sp³-hybridized carbons (Fsp3) is 0.263. The lowest BCUT2D eigenvalue weighted by molar-refractivity contribution is -0.162. The molecular formula is C19H18O5. The fourth-order valence-electron chi connectivity index (χ4n) is 2.81. The minimum absolute atomic E-state index is 0.223. The van der Waals surface area contributed by atoms with Gasteiger partial charge in [0.15, 0.2) is 12.1 Å². The van der Waals surface area contributed by atoms with Crippen molar-refractivity contribution in [2.24, 2.45) is 0 Å². The average molecular weight is 326 g/mol. The molecular weight excluding hydrogens is 308 g/mol. The number of hydrogen-bond donors (Lipinski definition) is 1. The van der Waals surface area contributed by atoms with Gasteiger partial charge in [-0.1, -0.05) is 43.3 Å². The zero-order valence-corrected chi connectivity index (χ0v) is 13.5. The van der Waals surface area contributed by atoms with Gasteiger partial charge >= 0.3 is 0 Å². The summed E-state index contributed by atoms with van der Waals surface area (Å²) in [5.41, 5.74) is 1.86. The highest BCUT2D eigenvalue weighted by molar-refractivity contribution is 6.19. The first-order chi connectivity index (χ1) is 11.5. The zero-order chi connectivity index (χ0) is 17.3. The van der Waals surface area contributed by atoms with E-state index in [1.165, 1.54) is 6.92 Å². The van der Waals surface area contributed by atoms with Crippen molar-refractivity contribution in [3.8, 4) is 5.75 Å². The van der Waals surface area contributed by atoms with Gasteiger partial charge in [-0.2, -0.15) is 0 Å². The summed E-state index contributed by atoms with van der Waals surface area (Å²) in [6.45, 7) is 3.32. The predicted octanol–water partition coefficient (Wildman–Crippen LogP) is 2.74. The second-order valence-corrected chi connectivity index (χ2v) is 5.57. The third kappa shape index (κ3) is 2.84. The van der Waals surface area contributed by atoms with E-state index in [0.717, 1.165) is 5.56 Å². The van der Waals surface area contributed by atoms with E-state index in [0.29, 0.717) is 23.3 Å². The van der Waals surface area contributed by atoms with Crippen molar-refractivity contribution >= 4 is 11.6 Å². The van der Waals surface area contributed by atoms with E-state index in [9.17, 15) is 14.7 Å². The van der Waals surface area contributed by atoms with Crippen LogP contribution >= 0.6 is 0 Å². The lowest BCUT2D eigenvalue weighted by Crippen LogP contribution is -2.29. The summed E-state index contributed by atoms with van der Waals surface area (Å²) in [6, 6.07) is 12.3. The highest BCUT2D eigenvalue weighted by Gasteiger charge is 2.38. The van der Waals surface area contributed by atoms with Crippen molar-refractivity contribution in [1.82, 2.24) is 0 Å². The number of ketones is 2. The van der Waals surface area contributed by atoms with E-state index in [-0.39, 0.29) is 11.3 Å². The van der Waals surface area contributed by atoms with Crippen molar-refractivity contribution < 1.29 is 24.2 Å². The molecule has 0 aromatic heterocycles. The number of Topliss-reactive ketones (excluding diaryl/α,β-unsaturated/α-hetero) is 1. The first-order valence-corrected chi connectivity index (χ1v) is 7.83. The maximum atomic E-state index is 13.0. The maximum absolute atomic E-state index is 13.0. The van der Waals surface area contributed by atoms with Gasteiger partial charge in [0.1, 0.15) is 5.75 Å². The van der Waals surface area contributed by atoms with Crippen LogP contribution < -0.4 is 4.74 Å². The first-order valence-electron chi connectivity index (χ1n) is 7.83. The molecule has 0 bridgehead atoms. The lowest BCUT2D eigenvalue weighted by Gasteiger charge is -2.12. The Balaban J connectivity index is 2.10. The Labute approximate surface area is 139 Å². The number of carbonyl (C=O) groups excluding carboxylic acids is 2. The van der Waals surface area contributed by atoms with Gasteiger partial charge in [0, 0.05) is 11.1 Å². The van der Waals surface area contributed by atoms with E-state index in [1.54, 1.807) is 36.4 Å². The number of fused-ring (bicyclic) bond motifs is 1. The number of aliphatic hydroxyl groups excluding tert-OH is 1. The van der Waals surface area contributed by atoms with E-state index in [4.69, 9.17) is 9.47 Å². The molecule has 124 valence electrons. The fourth-order valence-corrected chi connectivity index (χ4v) is 2.81. The number of benzene rings is 2. The van der Waals surface area contributed by atoms with Crippen molar-refractivity contribution in [1.29, 1.82) is 0 Å². The Kier molecular flexibility index (Phi) is 4.46. The molecule has 1 aliphatic rings. The molecule has 3 rings (SSSR count). The Morgan fingerprint density at radius 2 is 1.96 bits per heavy atom. The van der Waals surface area contributed by atoms with Gasteiger partial charge in [0.2, 0.25) is 5.78 Å². The van der Waals surface area contributed by atoms with Crippen LogP contribution in [0.15, 0.2) is 42.5 Å². The first kappa shape index (κ1) is 16.4. The normalized spacial score (nSPS) is 17.3. The third-order valence-electron chi connectivity index (χ3n) is 3.91. The van der Waals surface area contributed by atoms with Crippen molar-refractivity contribution in [2.45, 2.75) is 32.8 Å². The molecule has 24 heavy (non-hydrogen) atoms. The molecule has 2 aromatic carbocycles. The van der Waals surface area contributed by atoms with Gasteiger partial charge in [-0.15, -0.1) is 0 Å². The number of ether oxygens (including phenoxy) is 2. The minimum Gasteiger partial charge on any atom is -0.456 e. The van der Waals surface area contributed by atoms with E-state index in [1.807, 2.05) is 13.0 Å². The summed E-state index contributed by atoms with van der Waals surface area (Å²) in [5, 5.41) is 9.35. The zero-order valence-electron chi connectivity index (χ0n) is 13.5. The molecule has 0 spiro atoms. The molecule has 0 saturated heterocycles. The molecule has 0 amide bonds. The topological polar surface area (TPSA) is 72.8 Å². The summed E-state index contributed by atoms with van der Waals surface area (Å²) in [7, 11) is 0. The number of aliphatic hydroxyl groups is 1. The summed E-state index contributed by atoms with van der Waals surface area (Å²) < 4.78 is 10.6. The summed E-state index contributed by atoms with van der Waals surface area (Å²) >= 11 is 0. The van der Waals surface area contributed by atoms with E-state index in [2.05, 4.69) is 0 Å². The Bertz CT molecular complexity index is 780. The SMILES string of the molecule is CCc1ccc2c(c1C(=O)c1ccccc1)C(=O)C(OC(C)O)O2. The second-order valence-electron chi connectivity index (χ2n) is 5.57. The van der Waals surface area contributed by atoms with Crippen LogP contribution in [0.2, 0.25) is 0 Å². The summed E-state index contributed by atoms with van der Waals surface area (Å²) in [5.74, 6) is -0.360. The van der Waals surface area contributed by atoms with Crippen LogP contribution in [0.5, 0.6) is 5.75 Å². The summed E-state index contributed by atoms with van der Waals surface area (Å²) in [6.07, 6.45) is -1.77. The molecule has 2 unspecified atom stereocenters. The van der Waals surface area contributed by atoms with Crippen molar-refractivity contribution in [3.63, 3.8) is 0 Å². The monoisotopic (exact) mass is 326 g/mol. The molecule has 0 fully saturated rings. The standard InChI is InChI=1S/C19H18O5/c1-3-12-9-10-14-16(18(22)19(24-14)23-11(2)20)15(12)17(21)13-7-5-4-6-8-13/h4-11,19-20H,3H2,1-2H3. The average Bonchev–Trinajstić information content (AvgIpc) is 2.89. The smallest absolute Gasteiger partial charge is 0.266 e. The predicted molar refractivity (Wildman–Crippen MR) is 87.2 cm³/mol. The Morgan fingerprint density at radius 3 is 2.58 bits per heavy atom. The van der Waals surface area contributed by atoms with Gasteiger partial charge in [0.25, 0.3) is 6.29 Å². The van der Waals surface area contributed by atoms with Crippen LogP contribution in [0, 0.1) is 0 Å². The van der Waals surface area contributed by atoms with Crippen LogP contribution in [-0.4, -0.2) is 29.3 Å². The van der Waals surface area contributed by atoms with E-state index >= 15 is 0 Å². The maximum Gasteiger partial charge on any atom is 0.266 e. The van der Waals surface area contributed by atoms with Gasteiger partial charge in [-0.25, -0.2) is 0 Å². The highest BCUT2D eigenvalue weighted by Crippen LogP contribution is 2.35. The molecule has 5 nitrogen and oxygen atoms in total. The third-order valence-corrected chi connectivity index (χ3v) is 3.91. The molecule has 2 aromatic rings. The van der Waals surface area contributed by atoms with Gasteiger partial charge in [-0.3, -0.25) is 9.59 Å². The second kappa shape index (κ2) is 6.55. The van der Waals surface area contributed by atoms with Crippen LogP contribution in [0.1, 0.15) is 45.7 Å². The Hall–Kier alpha value is -2.50. The van der Waals surface area contributed by atoms with Gasteiger partial charge in [0.05, 0.1) is 5.56 Å². The highest BCUT2D eigenvalue weighted by atomic mass is 16.7. The van der Waals surface area contributed by atoms with Gasteiger partial charge < -0.3 is 14.6 Å². The van der Waals surface area contributed by atoms with Gasteiger partial charge in [-0.05, 0) is 25.0 Å². The molecule has 0 radical (unpaired) electrons. The minimum atomic E-state index is -1.23. The van der Waals surface area contributed by atoms with Crippen LogP contribution in [0.4, 0.5) is 0 Å². The molecule has 0 saturated carbocycles. The van der Waals surface area contributed by atoms with Crippen molar-refractivity contribution in [2.75, 3.05) is 0 Å². The van der Waals surface area contributed by atoms with Crippen LogP contribution in [0.25, 0.3) is 0 Å². The number of aryl methyl sites for hydroxylation is 1.